The van der Waals surface area contributed by atoms with Gasteiger partial charge in [0.05, 0.1) is 21.9 Å². The number of rotatable bonds is 9. The number of nitrogens with one attached hydrogen (secondary N) is 1. The summed E-state index contributed by atoms with van der Waals surface area (Å²) in [4.78, 5) is 7.35. The van der Waals surface area contributed by atoms with Gasteiger partial charge < -0.3 is 16.6 Å². The molecule has 13 nitrogen and oxygen atoms in total. The highest BCUT2D eigenvalue weighted by Crippen LogP contribution is 2.38. The number of thiazole rings is 1. The number of benzene rings is 2. The van der Waals surface area contributed by atoms with Gasteiger partial charge in [-0.25, -0.2) is 36.7 Å². The van der Waals surface area contributed by atoms with E-state index in [-0.39, 0.29) is 31.2 Å². The quantitative estimate of drug-likeness (QED) is 0.245. The van der Waals surface area contributed by atoms with Gasteiger partial charge in [0.15, 0.2) is 12.5 Å². The van der Waals surface area contributed by atoms with Gasteiger partial charge >= 0.3 is 0 Å². The lowest BCUT2D eigenvalue weighted by molar-refractivity contribution is 0.186. The number of nitrogens with two attached hydrogens (primary N) is 3. The third-order valence-electron chi connectivity index (χ3n) is 5.08. The largest absolute Gasteiger partial charge is 0.390 e. The monoisotopic (exact) mass is 538 g/mol. The van der Waals surface area contributed by atoms with Crippen LogP contribution in [0.5, 0.6) is 0 Å². The molecule has 0 aliphatic carbocycles. The standard InChI is InChI=1S/C19H22N8O5S3/c20-6-10(28)8-25-35(31,32)14-5-4-11(12-2-1-3-13-17(12)26-15(7-21)33-13)16(18(14)34(22,29)30)19-23-9-24-27-19/h1-5,10,25,28H,6-9,20-21H2,(H2,22,29,30)/t10-/m0/s1. The van der Waals surface area contributed by atoms with Crippen LogP contribution in [-0.4, -0.2) is 58.6 Å². The number of azo groups is 1. The zero-order valence-corrected chi connectivity index (χ0v) is 20.6. The van der Waals surface area contributed by atoms with Crippen molar-refractivity contribution in [2.45, 2.75) is 22.4 Å². The molecule has 186 valence electrons. The number of nitrogens with zero attached hydrogens (tertiary/aromatic N) is 4. The van der Waals surface area contributed by atoms with Gasteiger partial charge in [-0.3, -0.25) is 0 Å². The highest BCUT2D eigenvalue weighted by molar-refractivity contribution is 7.92. The minimum Gasteiger partial charge on any atom is -0.390 e. The van der Waals surface area contributed by atoms with E-state index in [1.807, 2.05) is 6.07 Å². The molecule has 16 heteroatoms. The number of primary sulfonamides is 1. The van der Waals surface area contributed by atoms with Crippen molar-refractivity contribution in [3.63, 3.8) is 0 Å². The molecular weight excluding hydrogens is 516 g/mol. The molecule has 1 aliphatic rings. The molecule has 3 aromatic rings. The van der Waals surface area contributed by atoms with Crippen LogP contribution in [0.4, 0.5) is 0 Å². The summed E-state index contributed by atoms with van der Waals surface area (Å²) in [6.07, 6.45) is -1.17. The van der Waals surface area contributed by atoms with Crippen molar-refractivity contribution in [2.75, 3.05) is 19.8 Å². The van der Waals surface area contributed by atoms with Crippen molar-refractivity contribution >= 4 is 47.4 Å². The molecule has 8 N–H and O–H groups in total. The third-order valence-corrected chi connectivity index (χ3v) is 8.71. The summed E-state index contributed by atoms with van der Waals surface area (Å²) >= 11 is 1.38. The van der Waals surface area contributed by atoms with Crippen molar-refractivity contribution in [3.05, 3.63) is 40.9 Å². The highest BCUT2D eigenvalue weighted by Gasteiger charge is 2.33. The first-order valence-electron chi connectivity index (χ1n) is 10.2. The Labute approximate surface area is 204 Å². The fraction of sp³-hybridized carbons (Fsp3) is 0.263. The maximum Gasteiger partial charge on any atom is 0.242 e. The Balaban J connectivity index is 2.04. The van der Waals surface area contributed by atoms with Crippen LogP contribution < -0.4 is 21.3 Å². The molecule has 0 amide bonds. The predicted octanol–water partition coefficient (Wildman–Crippen LogP) is -0.163. The molecule has 2 heterocycles. The van der Waals surface area contributed by atoms with Gasteiger partial charge in [-0.2, -0.15) is 5.11 Å². The zero-order chi connectivity index (χ0) is 25.4. The lowest BCUT2D eigenvalue weighted by Gasteiger charge is -2.18. The number of aromatic nitrogens is 1. The Morgan fingerprint density at radius 3 is 2.51 bits per heavy atom. The van der Waals surface area contributed by atoms with Gasteiger partial charge in [0, 0.05) is 25.2 Å². The number of para-hydroxylation sites is 1. The highest BCUT2D eigenvalue weighted by atomic mass is 32.2. The Bertz CT molecular complexity index is 1560. The van der Waals surface area contributed by atoms with Gasteiger partial charge in [0.25, 0.3) is 0 Å². The summed E-state index contributed by atoms with van der Waals surface area (Å²) < 4.78 is 54.8. The normalized spacial score (nSPS) is 15.0. The van der Waals surface area contributed by atoms with Crippen LogP contribution in [-0.2, 0) is 26.6 Å². The van der Waals surface area contributed by atoms with Crippen LogP contribution in [0.3, 0.4) is 0 Å². The summed E-state index contributed by atoms with van der Waals surface area (Å²) in [5.74, 6) is -0.0886. The van der Waals surface area contributed by atoms with E-state index in [2.05, 4.69) is 24.9 Å². The van der Waals surface area contributed by atoms with Crippen molar-refractivity contribution in [2.24, 2.45) is 31.8 Å². The summed E-state index contributed by atoms with van der Waals surface area (Å²) in [7, 11) is -9.09. The van der Waals surface area contributed by atoms with E-state index in [4.69, 9.17) is 16.6 Å². The Hall–Kier alpha value is -2.70. The number of fused-ring (bicyclic) bond motifs is 1. The number of aliphatic imine (C=N–C) groups is 1. The maximum absolute atomic E-state index is 13.1. The molecule has 4 rings (SSSR count). The average Bonchev–Trinajstić information content (AvgIpc) is 3.50. The van der Waals surface area contributed by atoms with Gasteiger partial charge in [-0.05, 0) is 17.7 Å². The first kappa shape index (κ1) is 25.4. The van der Waals surface area contributed by atoms with E-state index in [9.17, 15) is 21.9 Å². The smallest absolute Gasteiger partial charge is 0.242 e. The molecule has 2 aromatic carbocycles. The summed E-state index contributed by atoms with van der Waals surface area (Å²) in [5.41, 5.74) is 12.3. The van der Waals surface area contributed by atoms with Gasteiger partial charge in [-0.15, -0.1) is 16.5 Å². The summed E-state index contributed by atoms with van der Waals surface area (Å²) in [6.45, 7) is -0.476. The van der Waals surface area contributed by atoms with Crippen LogP contribution in [0.1, 0.15) is 10.6 Å². The van der Waals surface area contributed by atoms with Crippen molar-refractivity contribution in [3.8, 4) is 11.1 Å². The van der Waals surface area contributed by atoms with Crippen LogP contribution >= 0.6 is 11.3 Å². The number of aliphatic hydroxyl groups is 1. The number of aliphatic hydroxyl groups excluding tert-OH is 1. The molecule has 0 bridgehead atoms. The Morgan fingerprint density at radius 2 is 1.89 bits per heavy atom. The third kappa shape index (κ3) is 5.00. The Kier molecular flexibility index (Phi) is 7.07. The molecule has 35 heavy (non-hydrogen) atoms. The lowest BCUT2D eigenvalue weighted by atomic mass is 9.98. The topological polar surface area (TPSA) is 229 Å². The van der Waals surface area contributed by atoms with E-state index >= 15 is 0 Å². The van der Waals surface area contributed by atoms with E-state index < -0.39 is 42.5 Å². The first-order chi connectivity index (χ1) is 16.6. The molecule has 1 atom stereocenters. The molecule has 0 unspecified atom stereocenters. The predicted molar refractivity (Wildman–Crippen MR) is 131 cm³/mol. The minimum absolute atomic E-state index is 0.0605. The molecule has 0 fully saturated rings. The van der Waals surface area contributed by atoms with Gasteiger partial charge in [0.1, 0.15) is 14.8 Å². The molecule has 1 aliphatic heterocycles. The van der Waals surface area contributed by atoms with Crippen molar-refractivity contribution in [1.29, 1.82) is 0 Å². The molecule has 1 aromatic heterocycles. The van der Waals surface area contributed by atoms with Crippen LogP contribution in [0.25, 0.3) is 21.3 Å². The Morgan fingerprint density at radius 1 is 1.11 bits per heavy atom. The number of hydrogen-bond donors (Lipinski definition) is 5. The SMILES string of the molecule is NCc1nc2c(-c3ccc(S(=O)(=O)NC[C@@H](O)CN)c(S(N)(=O)=O)c3C3=NCN=N3)cccc2s1. The lowest BCUT2D eigenvalue weighted by Crippen LogP contribution is -2.37. The van der Waals surface area contributed by atoms with Crippen LogP contribution in [0.2, 0.25) is 0 Å². The molecule has 0 radical (unpaired) electrons. The molecular formula is C19H22N8O5S3. The van der Waals surface area contributed by atoms with E-state index in [1.165, 1.54) is 17.4 Å². The molecule has 0 spiro atoms. The fourth-order valence-corrected chi connectivity index (χ4v) is 7.07. The molecule has 0 saturated heterocycles. The maximum atomic E-state index is 13.1. The second-order valence-corrected chi connectivity index (χ2v) is 11.8. The molecule has 0 saturated carbocycles. The number of hydrogen-bond acceptors (Lipinski definition) is 12. The minimum atomic E-state index is -4.64. The first-order valence-corrected chi connectivity index (χ1v) is 14.0. The average molecular weight is 539 g/mol. The fourth-order valence-electron chi connectivity index (χ4n) is 3.53. The number of amidine groups is 1. The van der Waals surface area contributed by atoms with Crippen molar-refractivity contribution in [1.82, 2.24) is 9.71 Å². The van der Waals surface area contributed by atoms with Crippen molar-refractivity contribution < 1.29 is 21.9 Å². The second-order valence-electron chi connectivity index (χ2n) is 7.43. The zero-order valence-electron chi connectivity index (χ0n) is 18.1. The van der Waals surface area contributed by atoms with E-state index in [0.29, 0.717) is 21.7 Å². The van der Waals surface area contributed by atoms with Crippen LogP contribution in [0.15, 0.2) is 55.3 Å². The van der Waals surface area contributed by atoms with Crippen LogP contribution in [0, 0.1) is 0 Å². The number of sulfonamides is 2. The van der Waals surface area contributed by atoms with Gasteiger partial charge in [0.2, 0.25) is 20.0 Å². The van der Waals surface area contributed by atoms with E-state index in [0.717, 1.165) is 10.8 Å². The van der Waals surface area contributed by atoms with E-state index in [1.54, 1.807) is 12.1 Å². The summed E-state index contributed by atoms with van der Waals surface area (Å²) in [6, 6.07) is 7.87. The van der Waals surface area contributed by atoms with Gasteiger partial charge in [-0.1, -0.05) is 18.2 Å². The second kappa shape index (κ2) is 9.75. The summed E-state index contributed by atoms with van der Waals surface area (Å²) in [5, 5.41) is 23.6.